The van der Waals surface area contributed by atoms with E-state index in [1.165, 1.54) is 11.3 Å². The van der Waals surface area contributed by atoms with Crippen molar-refractivity contribution in [1.82, 2.24) is 4.98 Å². The molecule has 0 radical (unpaired) electrons. The molecule has 0 bridgehead atoms. The zero-order valence-corrected chi connectivity index (χ0v) is 8.69. The Morgan fingerprint density at radius 1 is 1.85 bits per heavy atom. The number of halogens is 1. The molecule has 0 aromatic carbocycles. The van der Waals surface area contributed by atoms with Crippen LogP contribution in [0.2, 0.25) is 0 Å². The number of nitrogens with two attached hydrogens (primary N) is 1. The van der Waals surface area contributed by atoms with Gasteiger partial charge in [0.2, 0.25) is 0 Å². The number of thiazole rings is 1. The summed E-state index contributed by atoms with van der Waals surface area (Å²) in [6, 6.07) is -0.113. The predicted molar refractivity (Wildman–Crippen MR) is 53.3 cm³/mol. The molecule has 1 rings (SSSR count). The summed E-state index contributed by atoms with van der Waals surface area (Å²) in [6.45, 7) is 1.82. The lowest BCUT2D eigenvalue weighted by molar-refractivity contribution is -0.136. The van der Waals surface area contributed by atoms with E-state index in [9.17, 15) is 4.79 Å². The second kappa shape index (κ2) is 5.16. The Morgan fingerprint density at radius 3 is 2.85 bits per heavy atom. The Morgan fingerprint density at radius 2 is 2.46 bits per heavy atom. The minimum Gasteiger partial charge on any atom is -0.481 e. The third-order valence-electron chi connectivity index (χ3n) is 1.29. The highest BCUT2D eigenvalue weighted by atomic mass is 35.5. The van der Waals surface area contributed by atoms with Gasteiger partial charge in [-0.3, -0.25) is 4.79 Å². The molecule has 74 valence electrons. The van der Waals surface area contributed by atoms with Gasteiger partial charge in [-0.25, -0.2) is 4.98 Å². The number of hydrogen-bond acceptors (Lipinski definition) is 4. The zero-order chi connectivity index (χ0) is 9.14. The first-order valence-corrected chi connectivity index (χ1v) is 4.39. The highest BCUT2D eigenvalue weighted by Crippen LogP contribution is 2.15. The first-order chi connectivity index (χ1) is 5.59. The van der Waals surface area contributed by atoms with Crippen molar-refractivity contribution < 1.29 is 9.90 Å². The lowest BCUT2D eigenvalue weighted by Gasteiger charge is -1.96. The number of aliphatic carboxylic acids is 1. The van der Waals surface area contributed by atoms with Gasteiger partial charge in [0.05, 0.1) is 18.2 Å². The topological polar surface area (TPSA) is 76.2 Å². The van der Waals surface area contributed by atoms with Gasteiger partial charge in [-0.15, -0.1) is 23.7 Å². The van der Waals surface area contributed by atoms with Gasteiger partial charge >= 0.3 is 5.97 Å². The molecule has 1 aromatic rings. The lowest BCUT2D eigenvalue weighted by atomic mass is 10.3. The van der Waals surface area contributed by atoms with Crippen LogP contribution < -0.4 is 5.73 Å². The SMILES string of the molecule is CC(N)c1nc(CC(=O)O)cs1.Cl. The van der Waals surface area contributed by atoms with Crippen LogP contribution in [0.3, 0.4) is 0 Å². The molecule has 1 aromatic heterocycles. The van der Waals surface area contributed by atoms with Crippen LogP contribution in [0.1, 0.15) is 23.7 Å². The molecule has 13 heavy (non-hydrogen) atoms. The number of hydrogen-bond donors (Lipinski definition) is 2. The van der Waals surface area contributed by atoms with Crippen LogP contribution in [-0.4, -0.2) is 16.1 Å². The van der Waals surface area contributed by atoms with Gasteiger partial charge < -0.3 is 10.8 Å². The molecule has 0 amide bonds. The fourth-order valence-corrected chi connectivity index (χ4v) is 1.55. The maximum Gasteiger partial charge on any atom is 0.309 e. The van der Waals surface area contributed by atoms with E-state index in [1.54, 1.807) is 5.38 Å². The van der Waals surface area contributed by atoms with Gasteiger partial charge in [-0.1, -0.05) is 0 Å². The number of nitrogens with zero attached hydrogens (tertiary/aromatic N) is 1. The fraction of sp³-hybridized carbons (Fsp3) is 0.429. The van der Waals surface area contributed by atoms with Crippen molar-refractivity contribution in [3.63, 3.8) is 0 Å². The Labute approximate surface area is 86.2 Å². The summed E-state index contributed by atoms with van der Waals surface area (Å²) in [4.78, 5) is 14.3. The van der Waals surface area contributed by atoms with Crippen molar-refractivity contribution in [1.29, 1.82) is 0 Å². The van der Waals surface area contributed by atoms with E-state index in [2.05, 4.69) is 4.98 Å². The molecule has 0 spiro atoms. The number of aromatic nitrogens is 1. The average Bonchev–Trinajstić information content (AvgIpc) is 2.34. The second-order valence-corrected chi connectivity index (χ2v) is 3.43. The fourth-order valence-electron chi connectivity index (χ4n) is 0.768. The van der Waals surface area contributed by atoms with Crippen LogP contribution in [0.5, 0.6) is 0 Å². The van der Waals surface area contributed by atoms with Crippen molar-refractivity contribution in [2.45, 2.75) is 19.4 Å². The molecule has 3 N–H and O–H groups in total. The van der Waals surface area contributed by atoms with Gasteiger partial charge in [0.25, 0.3) is 0 Å². The third kappa shape index (κ3) is 3.71. The predicted octanol–water partition coefficient (Wildman–Crippen LogP) is 1.21. The summed E-state index contributed by atoms with van der Waals surface area (Å²) in [5, 5.41) is 11.0. The summed E-state index contributed by atoms with van der Waals surface area (Å²) in [6.07, 6.45) is -0.0246. The second-order valence-electron chi connectivity index (χ2n) is 2.54. The molecule has 0 aliphatic rings. The van der Waals surface area contributed by atoms with Gasteiger partial charge in [0, 0.05) is 5.38 Å². The molecule has 0 aliphatic heterocycles. The van der Waals surface area contributed by atoms with E-state index in [1.807, 2.05) is 6.92 Å². The average molecular weight is 223 g/mol. The Kier molecular flexibility index (Phi) is 4.90. The lowest BCUT2D eigenvalue weighted by Crippen LogP contribution is -2.05. The smallest absolute Gasteiger partial charge is 0.309 e. The third-order valence-corrected chi connectivity index (χ3v) is 2.39. The van der Waals surface area contributed by atoms with Gasteiger partial charge in [0.15, 0.2) is 0 Å². The first-order valence-electron chi connectivity index (χ1n) is 3.51. The van der Waals surface area contributed by atoms with Crippen LogP contribution in [0.25, 0.3) is 0 Å². The molecule has 1 atom stereocenters. The van der Waals surface area contributed by atoms with E-state index in [4.69, 9.17) is 10.8 Å². The van der Waals surface area contributed by atoms with Crippen LogP contribution in [-0.2, 0) is 11.2 Å². The minimum atomic E-state index is -0.864. The molecule has 4 nitrogen and oxygen atoms in total. The van der Waals surface area contributed by atoms with Gasteiger partial charge in [0.1, 0.15) is 5.01 Å². The quantitative estimate of drug-likeness (QED) is 0.806. The zero-order valence-electron chi connectivity index (χ0n) is 7.06. The molecule has 1 heterocycles. The number of rotatable bonds is 3. The highest BCUT2D eigenvalue weighted by Gasteiger charge is 2.08. The van der Waals surface area contributed by atoms with Gasteiger partial charge in [-0.2, -0.15) is 0 Å². The number of carbonyl (C=O) groups is 1. The molecule has 1 unspecified atom stereocenters. The molecule has 0 saturated heterocycles. The standard InChI is InChI=1S/C7H10N2O2S.ClH/c1-4(8)7-9-5(3-12-7)2-6(10)11;/h3-4H,2,8H2,1H3,(H,10,11);1H. The van der Waals surface area contributed by atoms with Crippen molar-refractivity contribution in [3.8, 4) is 0 Å². The largest absolute Gasteiger partial charge is 0.481 e. The van der Waals surface area contributed by atoms with Crippen LogP contribution in [0.4, 0.5) is 0 Å². The van der Waals surface area contributed by atoms with Crippen LogP contribution in [0.15, 0.2) is 5.38 Å². The molecule has 6 heteroatoms. The summed E-state index contributed by atoms with van der Waals surface area (Å²) in [5.41, 5.74) is 6.14. The van der Waals surface area contributed by atoms with E-state index in [0.29, 0.717) is 5.69 Å². The van der Waals surface area contributed by atoms with E-state index >= 15 is 0 Å². The molecule has 0 fully saturated rings. The number of carboxylic acids is 1. The summed E-state index contributed by atoms with van der Waals surface area (Å²) >= 11 is 1.40. The Bertz CT molecular complexity index is 288. The maximum absolute atomic E-state index is 10.3. The summed E-state index contributed by atoms with van der Waals surface area (Å²) < 4.78 is 0. The number of carboxylic acid groups (broad SMARTS) is 1. The summed E-state index contributed by atoms with van der Waals surface area (Å²) in [5.74, 6) is -0.864. The molecule has 0 aliphatic carbocycles. The first kappa shape index (κ1) is 12.3. The normalized spacial score (nSPS) is 11.8. The van der Waals surface area contributed by atoms with Crippen molar-refractivity contribution >= 4 is 29.7 Å². The highest BCUT2D eigenvalue weighted by molar-refractivity contribution is 7.09. The molecular formula is C7H11ClN2O2S. The van der Waals surface area contributed by atoms with E-state index in [-0.39, 0.29) is 24.9 Å². The molecular weight excluding hydrogens is 212 g/mol. The van der Waals surface area contributed by atoms with E-state index < -0.39 is 5.97 Å². The van der Waals surface area contributed by atoms with Crippen LogP contribution in [0, 0.1) is 0 Å². The Hall–Kier alpha value is -0.650. The maximum atomic E-state index is 10.3. The monoisotopic (exact) mass is 222 g/mol. The Balaban J connectivity index is 0.00000144. The van der Waals surface area contributed by atoms with Gasteiger partial charge in [-0.05, 0) is 6.92 Å². The summed E-state index contributed by atoms with van der Waals surface area (Å²) in [7, 11) is 0. The van der Waals surface area contributed by atoms with Crippen molar-refractivity contribution in [2.75, 3.05) is 0 Å². The molecule has 0 saturated carbocycles. The van der Waals surface area contributed by atoms with Crippen molar-refractivity contribution in [3.05, 3.63) is 16.1 Å². The minimum absolute atomic E-state index is 0. The van der Waals surface area contributed by atoms with Crippen LogP contribution >= 0.6 is 23.7 Å². The van der Waals surface area contributed by atoms with E-state index in [0.717, 1.165) is 5.01 Å². The van der Waals surface area contributed by atoms with Crippen molar-refractivity contribution in [2.24, 2.45) is 5.73 Å².